The lowest BCUT2D eigenvalue weighted by Crippen LogP contribution is -2.12. The molecule has 0 unspecified atom stereocenters. The minimum atomic E-state index is -0.171. The predicted octanol–water partition coefficient (Wildman–Crippen LogP) is 4.77. The summed E-state index contributed by atoms with van der Waals surface area (Å²) in [5.74, 6) is -0.207. The summed E-state index contributed by atoms with van der Waals surface area (Å²) in [5, 5.41) is 2.84. The maximum atomic E-state index is 12.4. The molecule has 3 aromatic rings. The lowest BCUT2D eigenvalue weighted by atomic mass is 10.0. The predicted molar refractivity (Wildman–Crippen MR) is 103 cm³/mol. The van der Waals surface area contributed by atoms with Gasteiger partial charge in [0.25, 0.3) is 5.91 Å². The zero-order valence-corrected chi connectivity index (χ0v) is 14.9. The Morgan fingerprint density at radius 3 is 2.00 bits per heavy atom. The van der Waals surface area contributed by atoms with Gasteiger partial charge >= 0.3 is 0 Å². The molecule has 0 radical (unpaired) electrons. The fraction of sp³-hybridized carbons (Fsp3) is 0. The first-order valence-electron chi connectivity index (χ1n) is 7.40. The van der Waals surface area contributed by atoms with Crippen LogP contribution in [0.1, 0.15) is 26.3 Å². The molecule has 0 saturated heterocycles. The number of anilines is 1. The molecule has 0 aliphatic heterocycles. The number of ketones is 1. The number of hydrogen-bond acceptors (Lipinski definition) is 2. The van der Waals surface area contributed by atoms with E-state index in [2.05, 4.69) is 27.9 Å². The molecule has 1 amide bonds. The molecule has 1 N–H and O–H groups in total. The smallest absolute Gasteiger partial charge is 0.255 e. The van der Waals surface area contributed by atoms with Gasteiger partial charge in [0.1, 0.15) is 0 Å². The zero-order valence-electron chi connectivity index (χ0n) is 12.7. The number of nitrogens with one attached hydrogen (secondary N) is 1. The Bertz CT molecular complexity index is 874. The first-order valence-corrected chi connectivity index (χ1v) is 8.48. The molecule has 0 aliphatic carbocycles. The van der Waals surface area contributed by atoms with Gasteiger partial charge in [-0.3, -0.25) is 9.59 Å². The molecule has 3 aromatic carbocycles. The van der Waals surface area contributed by atoms with Crippen LogP contribution in [0.2, 0.25) is 0 Å². The molecule has 0 bridgehead atoms. The second-order valence-electron chi connectivity index (χ2n) is 5.24. The van der Waals surface area contributed by atoms with Crippen LogP contribution >= 0.6 is 22.6 Å². The Balaban J connectivity index is 1.73. The van der Waals surface area contributed by atoms with Gasteiger partial charge in [0, 0.05) is 25.9 Å². The normalized spacial score (nSPS) is 10.2. The van der Waals surface area contributed by atoms with E-state index >= 15 is 0 Å². The highest BCUT2D eigenvalue weighted by atomic mass is 127. The Morgan fingerprint density at radius 1 is 0.708 bits per heavy atom. The van der Waals surface area contributed by atoms with E-state index in [1.54, 1.807) is 42.5 Å². The van der Waals surface area contributed by atoms with Crippen molar-refractivity contribution in [1.29, 1.82) is 0 Å². The van der Waals surface area contributed by atoms with Crippen LogP contribution in [0.25, 0.3) is 0 Å². The largest absolute Gasteiger partial charge is 0.322 e. The summed E-state index contributed by atoms with van der Waals surface area (Å²) in [6.45, 7) is 0. The summed E-state index contributed by atoms with van der Waals surface area (Å²) < 4.78 is 1.00. The summed E-state index contributed by atoms with van der Waals surface area (Å²) in [5.41, 5.74) is 2.50. The van der Waals surface area contributed by atoms with E-state index < -0.39 is 0 Å². The van der Waals surface area contributed by atoms with Crippen LogP contribution in [-0.4, -0.2) is 11.7 Å². The summed E-state index contributed by atoms with van der Waals surface area (Å²) in [6.07, 6.45) is 0. The minimum absolute atomic E-state index is 0.0360. The van der Waals surface area contributed by atoms with Gasteiger partial charge < -0.3 is 5.32 Å². The van der Waals surface area contributed by atoms with Crippen LogP contribution in [0.4, 0.5) is 5.69 Å². The molecule has 118 valence electrons. The van der Waals surface area contributed by atoms with E-state index in [9.17, 15) is 9.59 Å². The Labute approximate surface area is 153 Å². The van der Waals surface area contributed by atoms with Gasteiger partial charge in [0.05, 0.1) is 0 Å². The molecular weight excluding hydrogens is 413 g/mol. The van der Waals surface area contributed by atoms with Crippen LogP contribution in [0.3, 0.4) is 0 Å². The van der Waals surface area contributed by atoms with Crippen molar-refractivity contribution in [3.8, 4) is 0 Å². The summed E-state index contributed by atoms with van der Waals surface area (Å²) in [7, 11) is 0. The van der Waals surface area contributed by atoms with Gasteiger partial charge in [-0.1, -0.05) is 36.4 Å². The van der Waals surface area contributed by atoms with Crippen molar-refractivity contribution < 1.29 is 9.59 Å². The fourth-order valence-corrected chi connectivity index (χ4v) is 2.84. The van der Waals surface area contributed by atoms with Gasteiger partial charge in [0.15, 0.2) is 5.78 Å². The molecule has 0 heterocycles. The van der Waals surface area contributed by atoms with Gasteiger partial charge in [-0.2, -0.15) is 0 Å². The molecule has 0 atom stereocenters. The number of benzene rings is 3. The number of carbonyl (C=O) groups is 2. The van der Waals surface area contributed by atoms with E-state index in [4.69, 9.17) is 0 Å². The fourth-order valence-electron chi connectivity index (χ4n) is 2.29. The quantitative estimate of drug-likeness (QED) is 0.482. The standard InChI is InChI=1S/C20H14INO2/c21-17-8-4-7-16(13-17)20(24)22-18-11-9-15(10-12-18)19(23)14-5-2-1-3-6-14/h1-13H,(H,22,24). The van der Waals surface area contributed by atoms with E-state index in [1.165, 1.54) is 0 Å². The van der Waals surface area contributed by atoms with E-state index in [0.717, 1.165) is 3.57 Å². The van der Waals surface area contributed by atoms with Crippen molar-refractivity contribution in [2.75, 3.05) is 5.32 Å². The third-order valence-corrected chi connectivity index (χ3v) is 4.20. The Morgan fingerprint density at radius 2 is 1.33 bits per heavy atom. The lowest BCUT2D eigenvalue weighted by molar-refractivity contribution is 0.102. The second kappa shape index (κ2) is 7.40. The van der Waals surface area contributed by atoms with E-state index in [-0.39, 0.29) is 11.7 Å². The maximum absolute atomic E-state index is 12.4. The van der Waals surface area contributed by atoms with Gasteiger partial charge in [-0.05, 0) is 65.1 Å². The van der Waals surface area contributed by atoms with Gasteiger partial charge in [-0.15, -0.1) is 0 Å². The molecule has 0 aliphatic rings. The Hall–Kier alpha value is -2.47. The third kappa shape index (κ3) is 3.89. The van der Waals surface area contributed by atoms with Gasteiger partial charge in [-0.25, -0.2) is 0 Å². The number of rotatable bonds is 4. The van der Waals surface area contributed by atoms with Crippen molar-refractivity contribution in [3.63, 3.8) is 0 Å². The highest BCUT2D eigenvalue weighted by Gasteiger charge is 2.10. The topological polar surface area (TPSA) is 46.2 Å². The average Bonchev–Trinajstić information content (AvgIpc) is 2.62. The molecule has 3 nitrogen and oxygen atoms in total. The zero-order chi connectivity index (χ0) is 16.9. The SMILES string of the molecule is O=C(Nc1ccc(C(=O)c2ccccc2)cc1)c1cccc(I)c1. The first kappa shape index (κ1) is 16.4. The van der Waals surface area contributed by atoms with Crippen molar-refractivity contribution >= 4 is 40.0 Å². The van der Waals surface area contributed by atoms with Crippen LogP contribution in [-0.2, 0) is 0 Å². The van der Waals surface area contributed by atoms with Crippen molar-refractivity contribution in [2.24, 2.45) is 0 Å². The molecule has 0 spiro atoms. The molecule has 0 aromatic heterocycles. The lowest BCUT2D eigenvalue weighted by Gasteiger charge is -2.07. The van der Waals surface area contributed by atoms with Crippen LogP contribution in [0.15, 0.2) is 78.9 Å². The van der Waals surface area contributed by atoms with Gasteiger partial charge in [0.2, 0.25) is 0 Å². The molecule has 0 fully saturated rings. The minimum Gasteiger partial charge on any atom is -0.322 e. The molecule has 24 heavy (non-hydrogen) atoms. The summed E-state index contributed by atoms with van der Waals surface area (Å²) >= 11 is 2.17. The van der Waals surface area contributed by atoms with Crippen LogP contribution in [0, 0.1) is 3.57 Å². The van der Waals surface area contributed by atoms with E-state index in [1.807, 2.05) is 36.4 Å². The summed E-state index contributed by atoms with van der Waals surface area (Å²) in [6, 6.07) is 23.4. The first-order chi connectivity index (χ1) is 11.6. The number of halogens is 1. The summed E-state index contributed by atoms with van der Waals surface area (Å²) in [4.78, 5) is 24.6. The van der Waals surface area contributed by atoms with Crippen molar-refractivity contribution in [2.45, 2.75) is 0 Å². The van der Waals surface area contributed by atoms with Crippen molar-refractivity contribution in [1.82, 2.24) is 0 Å². The highest BCUT2D eigenvalue weighted by Crippen LogP contribution is 2.15. The molecule has 3 rings (SSSR count). The molecule has 4 heteroatoms. The Kier molecular flexibility index (Phi) is 5.05. The number of hydrogen-bond donors (Lipinski definition) is 1. The monoisotopic (exact) mass is 427 g/mol. The highest BCUT2D eigenvalue weighted by molar-refractivity contribution is 14.1. The molecule has 0 saturated carbocycles. The van der Waals surface area contributed by atoms with Crippen LogP contribution in [0.5, 0.6) is 0 Å². The third-order valence-electron chi connectivity index (χ3n) is 3.53. The average molecular weight is 427 g/mol. The number of carbonyl (C=O) groups excluding carboxylic acids is 2. The van der Waals surface area contributed by atoms with Crippen LogP contribution < -0.4 is 5.32 Å². The van der Waals surface area contributed by atoms with E-state index in [0.29, 0.717) is 22.4 Å². The maximum Gasteiger partial charge on any atom is 0.255 e. The molecular formula is C20H14INO2. The van der Waals surface area contributed by atoms with Crippen molar-refractivity contribution in [3.05, 3.63) is 99.1 Å². The number of amides is 1. The second-order valence-corrected chi connectivity index (χ2v) is 6.48.